The van der Waals surface area contributed by atoms with Gasteiger partial charge in [-0.1, -0.05) is 23.2 Å². The van der Waals surface area contributed by atoms with Gasteiger partial charge in [-0.25, -0.2) is 0 Å². The number of nitrogens with zero attached hydrogens (tertiary/aromatic N) is 1. The fourth-order valence-electron chi connectivity index (χ4n) is 1.21. The summed E-state index contributed by atoms with van der Waals surface area (Å²) < 4.78 is 16.2. The minimum atomic E-state index is -2.90. The standard InChI is InChI=1S/C11H12Cl2NO3PS/c1-3-15-18(19,16-4-2)17-11-6-9(12)8(7-14)5-10(11)13/h5-6H,3-4H2,1-2H3. The van der Waals surface area contributed by atoms with Crippen molar-refractivity contribution in [1.82, 2.24) is 0 Å². The van der Waals surface area contributed by atoms with E-state index < -0.39 is 6.72 Å². The molecule has 0 aliphatic heterocycles. The molecule has 0 saturated heterocycles. The van der Waals surface area contributed by atoms with Gasteiger partial charge in [0.15, 0.2) is 0 Å². The average Bonchev–Trinajstić information content (AvgIpc) is 2.33. The van der Waals surface area contributed by atoms with Gasteiger partial charge in [-0.15, -0.1) is 0 Å². The second kappa shape index (κ2) is 7.44. The largest absolute Gasteiger partial charge is 0.422 e. The zero-order valence-electron chi connectivity index (χ0n) is 10.4. The lowest BCUT2D eigenvalue weighted by molar-refractivity contribution is 0.218. The molecule has 0 spiro atoms. The minimum absolute atomic E-state index is 0.231. The van der Waals surface area contributed by atoms with E-state index in [1.807, 2.05) is 6.07 Å². The molecule has 0 aliphatic carbocycles. The van der Waals surface area contributed by atoms with E-state index in [1.54, 1.807) is 13.8 Å². The Morgan fingerprint density at radius 1 is 1.21 bits per heavy atom. The smallest absolute Gasteiger partial charge is 0.380 e. The Morgan fingerprint density at radius 2 is 1.79 bits per heavy atom. The highest BCUT2D eigenvalue weighted by Crippen LogP contribution is 2.51. The van der Waals surface area contributed by atoms with Crippen LogP contribution < -0.4 is 4.52 Å². The van der Waals surface area contributed by atoms with Crippen molar-refractivity contribution in [2.75, 3.05) is 13.2 Å². The lowest BCUT2D eigenvalue weighted by Gasteiger charge is -2.21. The van der Waals surface area contributed by atoms with Gasteiger partial charge in [0.1, 0.15) is 11.8 Å². The molecule has 4 nitrogen and oxygen atoms in total. The van der Waals surface area contributed by atoms with E-state index in [-0.39, 0.29) is 21.4 Å². The molecule has 104 valence electrons. The van der Waals surface area contributed by atoms with Crippen molar-refractivity contribution in [1.29, 1.82) is 5.26 Å². The molecule has 8 heteroatoms. The first-order chi connectivity index (χ1) is 8.95. The molecular formula is C11H12Cl2NO3PS. The van der Waals surface area contributed by atoms with Crippen LogP contribution >= 0.6 is 29.9 Å². The highest BCUT2D eigenvalue weighted by Gasteiger charge is 2.23. The number of hydrogen-bond acceptors (Lipinski definition) is 5. The molecule has 0 radical (unpaired) electrons. The number of benzene rings is 1. The Labute approximate surface area is 127 Å². The van der Waals surface area contributed by atoms with E-state index in [2.05, 4.69) is 0 Å². The summed E-state index contributed by atoms with van der Waals surface area (Å²) >= 11 is 17.2. The van der Waals surface area contributed by atoms with E-state index in [0.29, 0.717) is 13.2 Å². The number of nitriles is 1. The maximum atomic E-state index is 8.84. The van der Waals surface area contributed by atoms with Crippen molar-refractivity contribution in [3.8, 4) is 11.8 Å². The van der Waals surface area contributed by atoms with Crippen molar-refractivity contribution in [2.24, 2.45) is 0 Å². The van der Waals surface area contributed by atoms with Gasteiger partial charge in [0.2, 0.25) is 0 Å². The van der Waals surface area contributed by atoms with Crippen molar-refractivity contribution >= 4 is 41.7 Å². The molecule has 1 aromatic carbocycles. The van der Waals surface area contributed by atoms with Gasteiger partial charge in [-0.3, -0.25) is 9.05 Å². The Hall–Kier alpha value is -0.340. The van der Waals surface area contributed by atoms with Gasteiger partial charge in [-0.2, -0.15) is 5.26 Å². The average molecular weight is 340 g/mol. The number of halogens is 2. The Bertz CT molecular complexity index is 537. The fourth-order valence-corrected chi connectivity index (χ4v) is 3.74. The Balaban J connectivity index is 3.07. The zero-order chi connectivity index (χ0) is 14.5. The molecule has 0 amide bonds. The van der Waals surface area contributed by atoms with Crippen LogP contribution in [0, 0.1) is 11.3 Å². The second-order valence-corrected chi connectivity index (χ2v) is 7.00. The molecular weight excluding hydrogens is 328 g/mol. The van der Waals surface area contributed by atoms with E-state index in [9.17, 15) is 0 Å². The van der Waals surface area contributed by atoms with Crippen LogP contribution in [0.25, 0.3) is 0 Å². The Kier molecular flexibility index (Phi) is 6.55. The van der Waals surface area contributed by atoms with Crippen LogP contribution in [-0.4, -0.2) is 13.2 Å². The Morgan fingerprint density at radius 3 is 2.26 bits per heavy atom. The molecule has 0 aliphatic rings. The molecule has 1 aromatic rings. The number of hydrogen-bond donors (Lipinski definition) is 0. The first kappa shape index (κ1) is 16.7. The highest BCUT2D eigenvalue weighted by molar-refractivity contribution is 8.07. The van der Waals surface area contributed by atoms with E-state index >= 15 is 0 Å². The molecule has 0 atom stereocenters. The summed E-state index contributed by atoms with van der Waals surface area (Å²) in [6, 6.07) is 4.77. The summed E-state index contributed by atoms with van der Waals surface area (Å²) in [6.45, 7) is 1.39. The topological polar surface area (TPSA) is 51.5 Å². The maximum Gasteiger partial charge on any atom is 0.380 e. The molecule has 19 heavy (non-hydrogen) atoms. The molecule has 0 heterocycles. The zero-order valence-corrected chi connectivity index (χ0v) is 13.6. The van der Waals surface area contributed by atoms with Gasteiger partial charge < -0.3 is 4.52 Å². The van der Waals surface area contributed by atoms with Crippen molar-refractivity contribution < 1.29 is 13.6 Å². The first-order valence-corrected chi connectivity index (χ1v) is 8.74. The van der Waals surface area contributed by atoms with Gasteiger partial charge in [-0.05, 0) is 19.9 Å². The van der Waals surface area contributed by atoms with Crippen molar-refractivity contribution in [3.05, 3.63) is 27.7 Å². The van der Waals surface area contributed by atoms with Gasteiger partial charge >= 0.3 is 6.72 Å². The van der Waals surface area contributed by atoms with E-state index in [1.165, 1.54) is 12.1 Å². The lowest BCUT2D eigenvalue weighted by atomic mass is 10.2. The predicted molar refractivity (Wildman–Crippen MR) is 79.3 cm³/mol. The number of rotatable bonds is 6. The van der Waals surface area contributed by atoms with Crippen LogP contribution in [-0.2, 0) is 20.9 Å². The molecule has 0 bridgehead atoms. The molecule has 1 rings (SSSR count). The maximum absolute atomic E-state index is 8.84. The van der Waals surface area contributed by atoms with Gasteiger partial charge in [0.25, 0.3) is 0 Å². The fraction of sp³-hybridized carbons (Fsp3) is 0.364. The third-order valence-corrected chi connectivity index (χ3v) is 4.96. The van der Waals surface area contributed by atoms with Gasteiger partial charge in [0.05, 0.1) is 28.8 Å². The van der Waals surface area contributed by atoms with Crippen LogP contribution in [0.15, 0.2) is 12.1 Å². The monoisotopic (exact) mass is 339 g/mol. The SMILES string of the molecule is CCOP(=S)(OCC)Oc1cc(Cl)c(C#N)cc1Cl. The van der Waals surface area contributed by atoms with Crippen LogP contribution in [0.5, 0.6) is 5.75 Å². The van der Waals surface area contributed by atoms with Crippen LogP contribution in [0.4, 0.5) is 0 Å². The highest BCUT2D eigenvalue weighted by atomic mass is 35.5. The molecule has 0 N–H and O–H groups in total. The van der Waals surface area contributed by atoms with E-state index in [0.717, 1.165) is 0 Å². The lowest BCUT2D eigenvalue weighted by Crippen LogP contribution is -2.02. The summed E-state index contributed by atoms with van der Waals surface area (Å²) in [5.41, 5.74) is 0.264. The summed E-state index contributed by atoms with van der Waals surface area (Å²) in [6.07, 6.45) is 0. The first-order valence-electron chi connectivity index (χ1n) is 5.43. The summed E-state index contributed by atoms with van der Waals surface area (Å²) in [5.74, 6) is 0.246. The molecule has 0 fully saturated rings. The van der Waals surface area contributed by atoms with Crippen LogP contribution in [0.2, 0.25) is 10.0 Å². The van der Waals surface area contributed by atoms with Crippen LogP contribution in [0.3, 0.4) is 0 Å². The third-order valence-electron chi connectivity index (χ3n) is 1.93. The second-order valence-electron chi connectivity index (χ2n) is 3.25. The minimum Gasteiger partial charge on any atom is -0.422 e. The summed E-state index contributed by atoms with van der Waals surface area (Å²) in [4.78, 5) is 0. The van der Waals surface area contributed by atoms with Crippen LogP contribution in [0.1, 0.15) is 19.4 Å². The van der Waals surface area contributed by atoms with Crippen molar-refractivity contribution in [3.63, 3.8) is 0 Å². The summed E-state index contributed by atoms with van der Waals surface area (Å²) in [7, 11) is 0. The van der Waals surface area contributed by atoms with E-state index in [4.69, 9.17) is 53.8 Å². The predicted octanol–water partition coefficient (Wildman–Crippen LogP) is 4.54. The quantitative estimate of drug-likeness (QED) is 0.712. The molecule has 0 saturated carbocycles. The third kappa shape index (κ3) is 4.61. The summed E-state index contributed by atoms with van der Waals surface area (Å²) in [5, 5.41) is 9.30. The van der Waals surface area contributed by atoms with Gasteiger partial charge in [0, 0.05) is 17.9 Å². The van der Waals surface area contributed by atoms with Crippen molar-refractivity contribution in [2.45, 2.75) is 13.8 Å². The molecule has 0 aromatic heterocycles. The molecule has 0 unspecified atom stereocenters. The normalized spacial score (nSPS) is 11.1.